The number of amides is 1. The topological polar surface area (TPSA) is 67.2 Å². The van der Waals surface area contributed by atoms with Crippen molar-refractivity contribution in [3.63, 3.8) is 0 Å². The van der Waals surface area contributed by atoms with Gasteiger partial charge < -0.3 is 10.2 Å². The lowest BCUT2D eigenvalue weighted by Gasteiger charge is -2.23. The summed E-state index contributed by atoms with van der Waals surface area (Å²) in [6.45, 7) is 3.10. The summed E-state index contributed by atoms with van der Waals surface area (Å²) in [4.78, 5) is 34.2. The molecule has 0 saturated heterocycles. The Morgan fingerprint density at radius 3 is 2.90 bits per heavy atom. The first-order valence-electron chi connectivity index (χ1n) is 9.97. The number of likely N-dealkylation sites (N-methyl/N-ethyl adjacent to an activating group) is 1. The molecule has 154 valence electrons. The highest BCUT2D eigenvalue weighted by atomic mass is 32.1. The molecule has 1 atom stereocenters. The molecule has 0 aliphatic carbocycles. The van der Waals surface area contributed by atoms with Gasteiger partial charge in [0.2, 0.25) is 0 Å². The van der Waals surface area contributed by atoms with Crippen LogP contribution in [0.5, 0.6) is 0 Å². The van der Waals surface area contributed by atoms with Gasteiger partial charge in [-0.25, -0.2) is 4.98 Å². The summed E-state index contributed by atoms with van der Waals surface area (Å²) in [7, 11) is 4.02. The van der Waals surface area contributed by atoms with Gasteiger partial charge in [0.25, 0.3) is 11.5 Å². The van der Waals surface area contributed by atoms with Gasteiger partial charge in [-0.2, -0.15) is 11.3 Å². The van der Waals surface area contributed by atoms with Crippen molar-refractivity contribution in [2.24, 2.45) is 0 Å². The Morgan fingerprint density at radius 1 is 1.34 bits per heavy atom. The van der Waals surface area contributed by atoms with E-state index in [9.17, 15) is 9.59 Å². The maximum Gasteiger partial charge on any atom is 0.262 e. The van der Waals surface area contributed by atoms with Crippen LogP contribution in [0.25, 0.3) is 10.2 Å². The Balaban J connectivity index is 1.62. The van der Waals surface area contributed by atoms with Crippen molar-refractivity contribution in [3.05, 3.63) is 49.0 Å². The fraction of sp³-hybridized carbons (Fsp3) is 0.476. The molecule has 1 N–H and O–H groups in total. The van der Waals surface area contributed by atoms with E-state index in [0.717, 1.165) is 43.6 Å². The van der Waals surface area contributed by atoms with Crippen LogP contribution < -0.4 is 10.9 Å². The number of rotatable bonds is 5. The lowest BCUT2D eigenvalue weighted by Crippen LogP contribution is -2.34. The average molecular weight is 431 g/mol. The molecule has 29 heavy (non-hydrogen) atoms. The highest BCUT2D eigenvalue weighted by molar-refractivity contribution is 7.20. The molecule has 1 unspecified atom stereocenters. The van der Waals surface area contributed by atoms with Crippen molar-refractivity contribution in [1.82, 2.24) is 19.8 Å². The molecular formula is C21H26N4O2S2. The van der Waals surface area contributed by atoms with E-state index in [-0.39, 0.29) is 17.5 Å². The number of fused-ring (bicyclic) bond motifs is 2. The third kappa shape index (κ3) is 3.89. The van der Waals surface area contributed by atoms with Crippen molar-refractivity contribution in [2.75, 3.05) is 20.6 Å². The predicted octanol–water partition coefficient (Wildman–Crippen LogP) is 3.59. The van der Waals surface area contributed by atoms with Crippen molar-refractivity contribution < 1.29 is 4.79 Å². The zero-order valence-electron chi connectivity index (χ0n) is 17.0. The summed E-state index contributed by atoms with van der Waals surface area (Å²) in [5.74, 6) is 0.727. The van der Waals surface area contributed by atoms with Gasteiger partial charge in [-0.3, -0.25) is 14.2 Å². The first-order chi connectivity index (χ1) is 14.0. The molecule has 1 amide bonds. The molecule has 4 heterocycles. The van der Waals surface area contributed by atoms with Gasteiger partial charge in [0, 0.05) is 19.5 Å². The summed E-state index contributed by atoms with van der Waals surface area (Å²) in [5.41, 5.74) is 1.94. The number of thiophene rings is 2. The largest absolute Gasteiger partial charge is 0.349 e. The smallest absolute Gasteiger partial charge is 0.262 e. The Morgan fingerprint density at radius 2 is 2.17 bits per heavy atom. The lowest BCUT2D eigenvalue weighted by atomic mass is 10.1. The first kappa shape index (κ1) is 20.3. The van der Waals surface area contributed by atoms with Gasteiger partial charge >= 0.3 is 0 Å². The zero-order valence-corrected chi connectivity index (χ0v) is 18.7. The maximum absolute atomic E-state index is 13.1. The molecule has 0 saturated carbocycles. The normalized spacial score (nSPS) is 15.3. The SMILES string of the molecule is Cc1c(C(=O)NCC(c2ccsc2)N(C)C)sc2nc3n(c(=O)c12)CCCCC3. The third-order valence-electron chi connectivity index (χ3n) is 5.62. The van der Waals surface area contributed by atoms with Crippen LogP contribution in [0, 0.1) is 6.92 Å². The number of carbonyl (C=O) groups excluding carboxylic acids is 1. The molecule has 4 rings (SSSR count). The molecule has 0 aromatic carbocycles. The molecule has 0 radical (unpaired) electrons. The van der Waals surface area contributed by atoms with Crippen LogP contribution in [0.3, 0.4) is 0 Å². The Kier molecular flexibility index (Phi) is 5.85. The quantitative estimate of drug-likeness (QED) is 0.672. The van der Waals surface area contributed by atoms with E-state index in [1.54, 1.807) is 11.3 Å². The summed E-state index contributed by atoms with van der Waals surface area (Å²) >= 11 is 2.99. The van der Waals surface area contributed by atoms with Crippen molar-refractivity contribution in [2.45, 2.75) is 45.2 Å². The number of carbonyl (C=O) groups is 1. The standard InChI is InChI=1S/C21H26N4O2S2/c1-13-17-20(23-16-7-5-4-6-9-25(16)21(17)27)29-18(13)19(26)22-11-15(24(2)3)14-8-10-28-12-14/h8,10,12,15H,4-7,9,11H2,1-3H3,(H,22,26). The van der Waals surface area contributed by atoms with E-state index in [1.165, 1.54) is 16.9 Å². The van der Waals surface area contributed by atoms with Crippen LogP contribution in [0.15, 0.2) is 21.6 Å². The van der Waals surface area contributed by atoms with Gasteiger partial charge in [-0.15, -0.1) is 11.3 Å². The molecule has 0 bridgehead atoms. The molecule has 8 heteroatoms. The van der Waals surface area contributed by atoms with Crippen LogP contribution in [-0.4, -0.2) is 41.0 Å². The number of aryl methyl sites for hydroxylation is 2. The van der Waals surface area contributed by atoms with Crippen LogP contribution in [0.2, 0.25) is 0 Å². The third-order valence-corrected chi connectivity index (χ3v) is 7.51. The minimum Gasteiger partial charge on any atom is -0.349 e. The highest BCUT2D eigenvalue weighted by Crippen LogP contribution is 2.28. The van der Waals surface area contributed by atoms with E-state index in [1.807, 2.05) is 31.0 Å². The first-order valence-corrected chi connectivity index (χ1v) is 11.7. The van der Waals surface area contributed by atoms with E-state index < -0.39 is 0 Å². The van der Waals surface area contributed by atoms with Gasteiger partial charge in [0.15, 0.2) is 0 Å². The molecule has 3 aromatic rings. The van der Waals surface area contributed by atoms with Gasteiger partial charge in [0.05, 0.1) is 16.3 Å². The van der Waals surface area contributed by atoms with E-state index in [4.69, 9.17) is 4.98 Å². The molecule has 1 aliphatic heterocycles. The van der Waals surface area contributed by atoms with Crippen molar-refractivity contribution in [3.8, 4) is 0 Å². The fourth-order valence-corrected chi connectivity index (χ4v) is 5.77. The highest BCUT2D eigenvalue weighted by Gasteiger charge is 2.23. The monoisotopic (exact) mass is 430 g/mol. The summed E-state index contributed by atoms with van der Waals surface area (Å²) in [5, 5.41) is 7.83. The number of nitrogens with zero attached hydrogens (tertiary/aromatic N) is 3. The van der Waals surface area contributed by atoms with Gasteiger partial charge in [-0.05, 0) is 61.8 Å². The molecule has 1 aliphatic rings. The summed E-state index contributed by atoms with van der Waals surface area (Å²) < 4.78 is 1.81. The van der Waals surface area contributed by atoms with E-state index in [2.05, 4.69) is 21.7 Å². The minimum absolute atomic E-state index is 0.00383. The Labute approximate surface area is 178 Å². The van der Waals surface area contributed by atoms with Crippen molar-refractivity contribution in [1.29, 1.82) is 0 Å². The number of hydrogen-bond donors (Lipinski definition) is 1. The number of nitrogens with one attached hydrogen (secondary N) is 1. The van der Waals surface area contributed by atoms with E-state index >= 15 is 0 Å². The van der Waals surface area contributed by atoms with E-state index in [0.29, 0.717) is 21.6 Å². The van der Waals surface area contributed by atoms with Crippen LogP contribution in [0.1, 0.15) is 51.9 Å². The maximum atomic E-state index is 13.1. The average Bonchev–Trinajstić information content (AvgIpc) is 3.24. The molecule has 6 nitrogen and oxygen atoms in total. The van der Waals surface area contributed by atoms with Crippen LogP contribution in [0.4, 0.5) is 0 Å². The second-order valence-corrected chi connectivity index (χ2v) is 9.56. The minimum atomic E-state index is -0.132. The molecule has 0 fully saturated rings. The second-order valence-electron chi connectivity index (χ2n) is 7.78. The summed E-state index contributed by atoms with van der Waals surface area (Å²) in [6, 6.07) is 2.20. The second kappa shape index (κ2) is 8.38. The Hall–Kier alpha value is -2.03. The molecular weight excluding hydrogens is 404 g/mol. The number of aromatic nitrogens is 2. The summed E-state index contributed by atoms with van der Waals surface area (Å²) in [6.07, 6.45) is 4.02. The number of hydrogen-bond acceptors (Lipinski definition) is 6. The van der Waals surface area contributed by atoms with Gasteiger partial charge in [0.1, 0.15) is 10.7 Å². The molecule has 3 aromatic heterocycles. The van der Waals surface area contributed by atoms with Gasteiger partial charge in [-0.1, -0.05) is 6.42 Å². The predicted molar refractivity (Wildman–Crippen MR) is 119 cm³/mol. The van der Waals surface area contributed by atoms with Crippen LogP contribution in [-0.2, 0) is 13.0 Å². The zero-order chi connectivity index (χ0) is 20.5. The van der Waals surface area contributed by atoms with Crippen molar-refractivity contribution >= 4 is 38.8 Å². The van der Waals surface area contributed by atoms with Crippen LogP contribution >= 0.6 is 22.7 Å². The Bertz CT molecular complexity index is 1080. The fourth-order valence-electron chi connectivity index (χ4n) is 3.96. The molecule has 0 spiro atoms. The lowest BCUT2D eigenvalue weighted by molar-refractivity contribution is 0.0945.